The highest BCUT2D eigenvalue weighted by Gasteiger charge is 2.19. The number of rotatable bonds is 2. The van der Waals surface area contributed by atoms with Crippen molar-refractivity contribution in [2.75, 3.05) is 0 Å². The van der Waals surface area contributed by atoms with E-state index in [1.807, 2.05) is 0 Å². The van der Waals surface area contributed by atoms with E-state index in [0.717, 1.165) is 25.7 Å². The van der Waals surface area contributed by atoms with Gasteiger partial charge in [0.15, 0.2) is 5.69 Å². The number of hydrogen-bond acceptors (Lipinski definition) is 4. The molecular formula is C11H13ClN2O2. The van der Waals surface area contributed by atoms with Gasteiger partial charge in [0, 0.05) is 0 Å². The zero-order chi connectivity index (χ0) is 11.4. The van der Waals surface area contributed by atoms with E-state index in [-0.39, 0.29) is 17.0 Å². The largest absolute Gasteiger partial charge is 0.458 e. The van der Waals surface area contributed by atoms with Crippen LogP contribution in [0, 0.1) is 0 Å². The molecule has 1 aromatic rings. The normalized spacial score (nSPS) is 17.1. The molecule has 1 aliphatic rings. The fourth-order valence-electron chi connectivity index (χ4n) is 1.81. The lowest BCUT2D eigenvalue weighted by molar-refractivity contribution is 0.0204. The molecule has 1 saturated carbocycles. The van der Waals surface area contributed by atoms with Gasteiger partial charge in [0.2, 0.25) is 0 Å². The summed E-state index contributed by atoms with van der Waals surface area (Å²) in [6, 6.07) is 0. The lowest BCUT2D eigenvalue weighted by Gasteiger charge is -2.21. The second-order valence-corrected chi connectivity index (χ2v) is 4.28. The van der Waals surface area contributed by atoms with E-state index in [9.17, 15) is 4.79 Å². The maximum Gasteiger partial charge on any atom is 0.358 e. The van der Waals surface area contributed by atoms with Gasteiger partial charge < -0.3 is 4.74 Å². The summed E-state index contributed by atoms with van der Waals surface area (Å²) in [5, 5.41) is 0.272. The minimum atomic E-state index is -0.406. The molecule has 1 fully saturated rings. The summed E-state index contributed by atoms with van der Waals surface area (Å²) in [5.41, 5.74) is 0.218. The van der Waals surface area contributed by atoms with Crippen LogP contribution in [0.1, 0.15) is 42.6 Å². The number of ether oxygens (including phenoxy) is 1. The Labute approximate surface area is 99.0 Å². The molecule has 5 heteroatoms. The predicted molar refractivity (Wildman–Crippen MR) is 59.3 cm³/mol. The smallest absolute Gasteiger partial charge is 0.358 e. The van der Waals surface area contributed by atoms with Gasteiger partial charge in [-0.2, -0.15) is 0 Å². The van der Waals surface area contributed by atoms with E-state index >= 15 is 0 Å². The molecule has 0 unspecified atom stereocenters. The molecule has 1 aliphatic carbocycles. The molecular weight excluding hydrogens is 228 g/mol. The van der Waals surface area contributed by atoms with Crippen molar-refractivity contribution < 1.29 is 9.53 Å². The van der Waals surface area contributed by atoms with Crippen molar-refractivity contribution in [3.05, 3.63) is 23.2 Å². The molecule has 0 radical (unpaired) electrons. The molecule has 4 nitrogen and oxygen atoms in total. The maximum atomic E-state index is 11.7. The predicted octanol–water partition coefficient (Wildman–Crippen LogP) is 2.62. The van der Waals surface area contributed by atoms with Crippen LogP contribution >= 0.6 is 11.6 Å². The summed E-state index contributed by atoms with van der Waals surface area (Å²) in [4.78, 5) is 19.3. The Balaban J connectivity index is 1.94. The molecule has 0 atom stereocenters. The van der Waals surface area contributed by atoms with E-state index in [1.54, 1.807) is 0 Å². The van der Waals surface area contributed by atoms with Crippen molar-refractivity contribution in [1.29, 1.82) is 0 Å². The van der Waals surface area contributed by atoms with Crippen LogP contribution < -0.4 is 0 Å². The van der Waals surface area contributed by atoms with Gasteiger partial charge in [-0.15, -0.1) is 0 Å². The molecule has 0 saturated heterocycles. The number of carbonyl (C=O) groups excluding carboxylic acids is 1. The van der Waals surface area contributed by atoms with Crippen molar-refractivity contribution in [1.82, 2.24) is 9.97 Å². The summed E-state index contributed by atoms with van der Waals surface area (Å²) in [6.07, 6.45) is 8.12. The first-order chi connectivity index (χ1) is 7.75. The van der Waals surface area contributed by atoms with E-state index in [4.69, 9.17) is 16.3 Å². The fourth-order valence-corrected chi connectivity index (χ4v) is 1.91. The molecule has 0 aliphatic heterocycles. The van der Waals surface area contributed by atoms with Crippen molar-refractivity contribution >= 4 is 17.6 Å². The number of halogens is 1. The summed E-state index contributed by atoms with van der Waals surface area (Å²) < 4.78 is 5.33. The van der Waals surface area contributed by atoms with E-state index < -0.39 is 5.97 Å². The molecule has 0 bridgehead atoms. The van der Waals surface area contributed by atoms with Crippen molar-refractivity contribution in [2.24, 2.45) is 0 Å². The third kappa shape index (κ3) is 2.92. The van der Waals surface area contributed by atoms with Crippen LogP contribution in [0.25, 0.3) is 0 Å². The van der Waals surface area contributed by atoms with Gasteiger partial charge >= 0.3 is 5.97 Å². The van der Waals surface area contributed by atoms with Gasteiger partial charge in [-0.25, -0.2) is 14.8 Å². The molecule has 86 valence electrons. The van der Waals surface area contributed by atoms with Crippen molar-refractivity contribution in [3.63, 3.8) is 0 Å². The Hall–Kier alpha value is -1.16. The Morgan fingerprint density at radius 1 is 1.25 bits per heavy atom. The first kappa shape index (κ1) is 11.3. The average molecular weight is 241 g/mol. The first-order valence-corrected chi connectivity index (χ1v) is 5.82. The van der Waals surface area contributed by atoms with E-state index in [0.29, 0.717) is 0 Å². The molecule has 0 amide bonds. The minimum Gasteiger partial charge on any atom is -0.458 e. The van der Waals surface area contributed by atoms with Gasteiger partial charge in [0.25, 0.3) is 0 Å². The van der Waals surface area contributed by atoms with Crippen LogP contribution in [-0.4, -0.2) is 22.0 Å². The third-order valence-corrected chi connectivity index (χ3v) is 2.85. The summed E-state index contributed by atoms with van der Waals surface area (Å²) in [7, 11) is 0. The van der Waals surface area contributed by atoms with E-state index in [2.05, 4.69) is 9.97 Å². The molecule has 0 spiro atoms. The zero-order valence-electron chi connectivity index (χ0n) is 8.86. The number of esters is 1. The highest BCUT2D eigenvalue weighted by molar-refractivity contribution is 6.29. The van der Waals surface area contributed by atoms with Gasteiger partial charge in [-0.1, -0.05) is 18.0 Å². The standard InChI is InChI=1S/C11H13ClN2O2/c12-10-7-13-9(6-14-10)11(15)16-8-4-2-1-3-5-8/h6-8H,1-5H2. The zero-order valence-corrected chi connectivity index (χ0v) is 9.61. The molecule has 0 aromatic carbocycles. The van der Waals surface area contributed by atoms with E-state index in [1.165, 1.54) is 18.8 Å². The first-order valence-electron chi connectivity index (χ1n) is 5.44. The second-order valence-electron chi connectivity index (χ2n) is 3.89. The molecule has 16 heavy (non-hydrogen) atoms. The lowest BCUT2D eigenvalue weighted by atomic mass is 9.98. The van der Waals surface area contributed by atoms with Crippen molar-refractivity contribution in [3.8, 4) is 0 Å². The monoisotopic (exact) mass is 240 g/mol. The van der Waals surface area contributed by atoms with Crippen molar-refractivity contribution in [2.45, 2.75) is 38.2 Å². The van der Waals surface area contributed by atoms with Crippen LogP contribution in [0.4, 0.5) is 0 Å². The minimum absolute atomic E-state index is 0.0405. The van der Waals surface area contributed by atoms with Crippen LogP contribution in [0.5, 0.6) is 0 Å². The topological polar surface area (TPSA) is 52.1 Å². The van der Waals surface area contributed by atoms with Crippen LogP contribution in [0.2, 0.25) is 5.15 Å². The highest BCUT2D eigenvalue weighted by Crippen LogP contribution is 2.21. The average Bonchev–Trinajstić information content (AvgIpc) is 2.31. The van der Waals surface area contributed by atoms with Gasteiger partial charge in [0.05, 0.1) is 12.4 Å². The van der Waals surface area contributed by atoms with Gasteiger partial charge in [-0.05, 0) is 25.7 Å². The number of hydrogen-bond donors (Lipinski definition) is 0. The third-order valence-electron chi connectivity index (χ3n) is 2.66. The molecule has 1 aromatic heterocycles. The lowest BCUT2D eigenvalue weighted by Crippen LogP contribution is -2.21. The maximum absolute atomic E-state index is 11.7. The number of nitrogens with zero attached hydrogens (tertiary/aromatic N) is 2. The van der Waals surface area contributed by atoms with Crippen LogP contribution in [0.3, 0.4) is 0 Å². The second kappa shape index (κ2) is 5.25. The molecule has 1 heterocycles. The summed E-state index contributed by atoms with van der Waals surface area (Å²) in [6.45, 7) is 0. The Bertz CT molecular complexity index is 361. The number of carbonyl (C=O) groups is 1. The van der Waals surface area contributed by atoms with Crippen LogP contribution in [0.15, 0.2) is 12.4 Å². The Morgan fingerprint density at radius 3 is 2.62 bits per heavy atom. The van der Waals surface area contributed by atoms with Gasteiger partial charge in [-0.3, -0.25) is 0 Å². The van der Waals surface area contributed by atoms with Crippen LogP contribution in [-0.2, 0) is 4.74 Å². The highest BCUT2D eigenvalue weighted by atomic mass is 35.5. The summed E-state index contributed by atoms with van der Waals surface area (Å²) >= 11 is 5.58. The number of aromatic nitrogens is 2. The fraction of sp³-hybridized carbons (Fsp3) is 0.545. The van der Waals surface area contributed by atoms with Gasteiger partial charge in [0.1, 0.15) is 11.3 Å². The Kier molecular flexibility index (Phi) is 3.72. The molecule has 0 N–H and O–H groups in total. The quantitative estimate of drug-likeness (QED) is 0.746. The summed E-state index contributed by atoms with van der Waals surface area (Å²) in [5.74, 6) is -0.406. The molecule has 2 rings (SSSR count). The SMILES string of the molecule is O=C(OC1CCCCC1)c1cnc(Cl)cn1. The Morgan fingerprint density at radius 2 is 2.00 bits per heavy atom.